The first-order chi connectivity index (χ1) is 12.1. The van der Waals surface area contributed by atoms with Gasteiger partial charge in [0.05, 0.1) is 12.0 Å². The number of halogens is 3. The highest BCUT2D eigenvalue weighted by atomic mass is 19.2. The molecule has 0 radical (unpaired) electrons. The number of hydrogen-bond donors (Lipinski definition) is 1. The molecule has 0 bridgehead atoms. The summed E-state index contributed by atoms with van der Waals surface area (Å²) in [6.45, 7) is 2.06. The predicted octanol–water partition coefficient (Wildman–Crippen LogP) is 3.66. The van der Waals surface area contributed by atoms with E-state index in [0.717, 1.165) is 42.9 Å². The Hall–Kier alpha value is -2.60. The molecule has 0 amide bonds. The molecule has 1 aromatic heterocycles. The number of nitrogens with zero attached hydrogens (tertiary/aromatic N) is 2. The molecule has 1 N–H and O–H groups in total. The fourth-order valence-corrected chi connectivity index (χ4v) is 3.14. The maximum atomic E-state index is 13.3. The molecule has 0 fully saturated rings. The molecule has 4 rings (SSSR count). The molecule has 0 aliphatic carbocycles. The molecule has 1 aliphatic heterocycles. The second-order valence-corrected chi connectivity index (χ2v) is 6.21. The summed E-state index contributed by atoms with van der Waals surface area (Å²) in [5.74, 6) is -3.81. The molecule has 0 unspecified atom stereocenters. The Labute approximate surface area is 143 Å². The third-order valence-electron chi connectivity index (χ3n) is 4.43. The third kappa shape index (κ3) is 3.17. The summed E-state index contributed by atoms with van der Waals surface area (Å²) < 4.78 is 41.4. The fourth-order valence-electron chi connectivity index (χ4n) is 3.14. The molecule has 3 nitrogen and oxygen atoms in total. The van der Waals surface area contributed by atoms with Crippen LogP contribution in [0.25, 0.3) is 11.3 Å². The van der Waals surface area contributed by atoms with Crippen LogP contribution in [0.1, 0.15) is 16.7 Å². The van der Waals surface area contributed by atoms with Crippen LogP contribution in [0.4, 0.5) is 13.2 Å². The highest BCUT2D eigenvalue weighted by Crippen LogP contribution is 2.23. The standard InChI is InChI=1S/C19H16F3N3/c20-16-5-12(6-17(21)19(16)22)9-25-10-18(24-11-25)14-1-2-15-8-23-4-3-13(15)7-14/h1-2,5-7,10-11,23H,3-4,8-9H2. The number of nitrogens with one attached hydrogen (secondary N) is 1. The van der Waals surface area contributed by atoms with Gasteiger partial charge < -0.3 is 9.88 Å². The van der Waals surface area contributed by atoms with Crippen LogP contribution in [-0.4, -0.2) is 16.1 Å². The molecular weight excluding hydrogens is 327 g/mol. The number of imidazole rings is 1. The van der Waals surface area contributed by atoms with Gasteiger partial charge in [0.15, 0.2) is 17.5 Å². The molecule has 2 aromatic carbocycles. The summed E-state index contributed by atoms with van der Waals surface area (Å²) in [7, 11) is 0. The predicted molar refractivity (Wildman–Crippen MR) is 88.5 cm³/mol. The van der Waals surface area contributed by atoms with Gasteiger partial charge in [-0.2, -0.15) is 0 Å². The summed E-state index contributed by atoms with van der Waals surface area (Å²) in [6.07, 6.45) is 4.41. The van der Waals surface area contributed by atoms with E-state index < -0.39 is 17.5 Å². The third-order valence-corrected chi connectivity index (χ3v) is 4.43. The van der Waals surface area contributed by atoms with Crippen LogP contribution in [0.2, 0.25) is 0 Å². The second kappa shape index (κ2) is 6.37. The molecule has 1 aliphatic rings. The Kier molecular flexibility index (Phi) is 4.05. The Morgan fingerprint density at radius 3 is 2.64 bits per heavy atom. The first-order valence-corrected chi connectivity index (χ1v) is 8.08. The molecule has 0 spiro atoms. The van der Waals surface area contributed by atoms with Gasteiger partial charge in [0, 0.05) is 24.8 Å². The van der Waals surface area contributed by atoms with E-state index in [4.69, 9.17) is 0 Å². The highest BCUT2D eigenvalue weighted by molar-refractivity contribution is 5.60. The average molecular weight is 343 g/mol. The zero-order chi connectivity index (χ0) is 17.4. The average Bonchev–Trinajstić information content (AvgIpc) is 3.07. The van der Waals surface area contributed by atoms with Gasteiger partial charge in [-0.25, -0.2) is 18.2 Å². The Morgan fingerprint density at radius 1 is 1.04 bits per heavy atom. The second-order valence-electron chi connectivity index (χ2n) is 6.21. The molecule has 0 atom stereocenters. The summed E-state index contributed by atoms with van der Waals surface area (Å²) in [6, 6.07) is 8.27. The van der Waals surface area contributed by atoms with Crippen LogP contribution in [-0.2, 0) is 19.5 Å². The van der Waals surface area contributed by atoms with Gasteiger partial charge in [0.2, 0.25) is 0 Å². The number of aromatic nitrogens is 2. The molecule has 25 heavy (non-hydrogen) atoms. The molecule has 128 valence electrons. The van der Waals surface area contributed by atoms with Crippen molar-refractivity contribution < 1.29 is 13.2 Å². The van der Waals surface area contributed by atoms with Crippen LogP contribution in [0.15, 0.2) is 42.9 Å². The van der Waals surface area contributed by atoms with E-state index in [1.54, 1.807) is 10.9 Å². The van der Waals surface area contributed by atoms with Crippen LogP contribution in [0.5, 0.6) is 0 Å². The minimum Gasteiger partial charge on any atom is -0.332 e. The smallest absolute Gasteiger partial charge is 0.194 e. The van der Waals surface area contributed by atoms with Crippen molar-refractivity contribution >= 4 is 0 Å². The fraction of sp³-hybridized carbons (Fsp3) is 0.211. The van der Waals surface area contributed by atoms with E-state index in [9.17, 15) is 13.2 Å². The summed E-state index contributed by atoms with van der Waals surface area (Å²) in [5, 5.41) is 3.34. The number of rotatable bonds is 3. The number of benzene rings is 2. The molecule has 2 heterocycles. The first kappa shape index (κ1) is 15.9. The lowest BCUT2D eigenvalue weighted by Crippen LogP contribution is -2.23. The van der Waals surface area contributed by atoms with Gasteiger partial charge in [-0.05, 0) is 47.9 Å². The topological polar surface area (TPSA) is 29.9 Å². The summed E-state index contributed by atoms with van der Waals surface area (Å²) in [4.78, 5) is 4.38. The van der Waals surface area contributed by atoms with Crippen LogP contribution in [0.3, 0.4) is 0 Å². The normalized spacial score (nSPS) is 13.7. The minimum atomic E-state index is -1.45. The lowest BCUT2D eigenvalue weighted by atomic mass is 9.97. The molecule has 3 aromatic rings. The maximum absolute atomic E-state index is 13.3. The van der Waals surface area contributed by atoms with Crippen molar-refractivity contribution in [2.24, 2.45) is 0 Å². The highest BCUT2D eigenvalue weighted by Gasteiger charge is 2.13. The van der Waals surface area contributed by atoms with Crippen molar-refractivity contribution in [3.05, 3.63) is 77.0 Å². The van der Waals surface area contributed by atoms with E-state index in [0.29, 0.717) is 5.56 Å². The quantitative estimate of drug-likeness (QED) is 0.736. The lowest BCUT2D eigenvalue weighted by molar-refractivity contribution is 0.444. The van der Waals surface area contributed by atoms with Crippen molar-refractivity contribution in [3.63, 3.8) is 0 Å². The zero-order valence-corrected chi connectivity index (χ0v) is 13.4. The Morgan fingerprint density at radius 2 is 1.84 bits per heavy atom. The first-order valence-electron chi connectivity index (χ1n) is 8.08. The number of hydrogen-bond acceptors (Lipinski definition) is 2. The molecule has 6 heteroatoms. The van der Waals surface area contributed by atoms with E-state index in [1.165, 1.54) is 11.1 Å². The van der Waals surface area contributed by atoms with Gasteiger partial charge in [-0.15, -0.1) is 0 Å². The van der Waals surface area contributed by atoms with E-state index in [2.05, 4.69) is 22.4 Å². The van der Waals surface area contributed by atoms with Gasteiger partial charge in [0.25, 0.3) is 0 Å². The Balaban J connectivity index is 1.58. The molecule has 0 saturated carbocycles. The van der Waals surface area contributed by atoms with Gasteiger partial charge in [-0.3, -0.25) is 0 Å². The van der Waals surface area contributed by atoms with Crippen molar-refractivity contribution in [3.8, 4) is 11.3 Å². The summed E-state index contributed by atoms with van der Waals surface area (Å²) in [5.41, 5.74) is 4.76. The van der Waals surface area contributed by atoms with Gasteiger partial charge >= 0.3 is 0 Å². The van der Waals surface area contributed by atoms with E-state index >= 15 is 0 Å². The van der Waals surface area contributed by atoms with E-state index in [-0.39, 0.29) is 6.54 Å². The van der Waals surface area contributed by atoms with Crippen molar-refractivity contribution in [2.75, 3.05) is 6.54 Å². The lowest BCUT2D eigenvalue weighted by Gasteiger charge is -2.17. The Bertz CT molecular complexity index is 910. The SMILES string of the molecule is Fc1cc(Cn2cnc(-c3ccc4c(c3)CCNC4)c2)cc(F)c1F. The monoisotopic (exact) mass is 343 g/mol. The number of fused-ring (bicyclic) bond motifs is 1. The van der Waals surface area contributed by atoms with Crippen LogP contribution >= 0.6 is 0 Å². The van der Waals surface area contributed by atoms with Crippen molar-refractivity contribution in [2.45, 2.75) is 19.5 Å². The van der Waals surface area contributed by atoms with E-state index in [1.807, 2.05) is 12.3 Å². The van der Waals surface area contributed by atoms with Crippen molar-refractivity contribution in [1.29, 1.82) is 0 Å². The minimum absolute atomic E-state index is 0.218. The zero-order valence-electron chi connectivity index (χ0n) is 13.4. The van der Waals surface area contributed by atoms with Crippen molar-refractivity contribution in [1.82, 2.24) is 14.9 Å². The van der Waals surface area contributed by atoms with Gasteiger partial charge in [0.1, 0.15) is 0 Å². The largest absolute Gasteiger partial charge is 0.332 e. The van der Waals surface area contributed by atoms with Gasteiger partial charge in [-0.1, -0.05) is 12.1 Å². The van der Waals surface area contributed by atoms with Crippen LogP contribution < -0.4 is 5.32 Å². The molecule has 0 saturated heterocycles. The van der Waals surface area contributed by atoms with Crippen LogP contribution in [0, 0.1) is 17.5 Å². The molecular formula is C19H16F3N3. The maximum Gasteiger partial charge on any atom is 0.194 e. The summed E-state index contributed by atoms with van der Waals surface area (Å²) >= 11 is 0.